The fraction of sp³-hybridized carbons (Fsp3) is 0.273. The summed E-state index contributed by atoms with van der Waals surface area (Å²) in [5.74, 6) is 0.800. The molecular formula is C11H16N2O. The van der Waals surface area contributed by atoms with E-state index in [1.54, 1.807) is 7.11 Å². The van der Waals surface area contributed by atoms with Crippen molar-refractivity contribution in [1.82, 2.24) is 5.32 Å². The molecule has 1 rings (SSSR count). The number of ether oxygens (including phenoxy) is 1. The number of methoxy groups -OCH3 is 1. The van der Waals surface area contributed by atoms with Gasteiger partial charge in [-0.05, 0) is 30.8 Å². The first kappa shape index (κ1) is 10.4. The maximum absolute atomic E-state index is 5.66. The van der Waals surface area contributed by atoms with Gasteiger partial charge >= 0.3 is 0 Å². The van der Waals surface area contributed by atoms with E-state index in [-0.39, 0.29) is 0 Å². The standard InChI is InChI=1S/C11H16N2O/c1-8(7-13-2)10-5-4-9(12)6-11(10)14-3/h4-7,13H,12H2,1-3H3/b8-7+. The van der Waals surface area contributed by atoms with Gasteiger partial charge in [-0.3, -0.25) is 0 Å². The zero-order valence-electron chi connectivity index (χ0n) is 8.79. The highest BCUT2D eigenvalue weighted by Gasteiger charge is 2.04. The first-order valence-corrected chi connectivity index (χ1v) is 4.47. The fourth-order valence-corrected chi connectivity index (χ4v) is 1.33. The summed E-state index contributed by atoms with van der Waals surface area (Å²) in [6.45, 7) is 2.02. The van der Waals surface area contributed by atoms with Gasteiger partial charge < -0.3 is 15.8 Å². The van der Waals surface area contributed by atoms with Crippen LogP contribution in [0.2, 0.25) is 0 Å². The molecule has 3 nitrogen and oxygen atoms in total. The van der Waals surface area contributed by atoms with Gasteiger partial charge in [0.05, 0.1) is 7.11 Å². The van der Waals surface area contributed by atoms with E-state index in [1.165, 1.54) is 0 Å². The first-order chi connectivity index (χ1) is 6.69. The van der Waals surface area contributed by atoms with Gasteiger partial charge in [0.15, 0.2) is 0 Å². The molecule has 0 saturated heterocycles. The van der Waals surface area contributed by atoms with Crippen LogP contribution in [0.4, 0.5) is 5.69 Å². The Morgan fingerprint density at radius 3 is 2.79 bits per heavy atom. The molecule has 0 spiro atoms. The lowest BCUT2D eigenvalue weighted by Gasteiger charge is -2.09. The van der Waals surface area contributed by atoms with Crippen LogP contribution >= 0.6 is 0 Å². The van der Waals surface area contributed by atoms with Crippen LogP contribution in [-0.4, -0.2) is 14.2 Å². The fourth-order valence-electron chi connectivity index (χ4n) is 1.33. The lowest BCUT2D eigenvalue weighted by molar-refractivity contribution is 0.413. The Bertz CT molecular complexity index is 345. The van der Waals surface area contributed by atoms with Crippen molar-refractivity contribution in [2.24, 2.45) is 0 Å². The lowest BCUT2D eigenvalue weighted by Crippen LogP contribution is -1.97. The number of nitrogens with one attached hydrogen (secondary N) is 1. The number of hydrogen-bond acceptors (Lipinski definition) is 3. The van der Waals surface area contributed by atoms with Crippen LogP contribution in [0.1, 0.15) is 12.5 Å². The minimum Gasteiger partial charge on any atom is -0.496 e. The largest absolute Gasteiger partial charge is 0.496 e. The molecule has 1 aromatic carbocycles. The number of hydrogen-bond donors (Lipinski definition) is 2. The number of rotatable bonds is 3. The van der Waals surface area contributed by atoms with Crippen molar-refractivity contribution in [3.05, 3.63) is 30.0 Å². The summed E-state index contributed by atoms with van der Waals surface area (Å²) in [7, 11) is 3.51. The van der Waals surface area contributed by atoms with Crippen LogP contribution < -0.4 is 15.8 Å². The van der Waals surface area contributed by atoms with Crippen molar-refractivity contribution in [3.63, 3.8) is 0 Å². The van der Waals surface area contributed by atoms with Crippen LogP contribution in [0.25, 0.3) is 5.57 Å². The van der Waals surface area contributed by atoms with Crippen molar-refractivity contribution in [2.75, 3.05) is 19.9 Å². The van der Waals surface area contributed by atoms with Crippen LogP contribution in [0.5, 0.6) is 5.75 Å². The van der Waals surface area contributed by atoms with Gasteiger partial charge in [-0.25, -0.2) is 0 Å². The Balaban J connectivity index is 3.14. The second-order valence-electron chi connectivity index (χ2n) is 3.08. The van der Waals surface area contributed by atoms with Crippen molar-refractivity contribution < 1.29 is 4.74 Å². The zero-order valence-corrected chi connectivity index (χ0v) is 8.79. The van der Waals surface area contributed by atoms with Gasteiger partial charge in [-0.1, -0.05) is 0 Å². The van der Waals surface area contributed by atoms with Crippen molar-refractivity contribution in [2.45, 2.75) is 6.92 Å². The van der Waals surface area contributed by atoms with Gasteiger partial charge in [0, 0.05) is 24.4 Å². The summed E-state index contributed by atoms with van der Waals surface area (Å²) in [6, 6.07) is 5.64. The van der Waals surface area contributed by atoms with Crippen LogP contribution in [-0.2, 0) is 0 Å². The van der Waals surface area contributed by atoms with E-state index in [0.717, 1.165) is 16.9 Å². The molecule has 0 aromatic heterocycles. The normalized spacial score (nSPS) is 11.2. The lowest BCUT2D eigenvalue weighted by atomic mass is 10.1. The number of anilines is 1. The Hall–Kier alpha value is -1.64. The topological polar surface area (TPSA) is 47.3 Å². The van der Waals surface area contributed by atoms with Crippen molar-refractivity contribution >= 4 is 11.3 Å². The molecule has 0 heterocycles. The first-order valence-electron chi connectivity index (χ1n) is 4.47. The van der Waals surface area contributed by atoms with Gasteiger partial charge in [0.2, 0.25) is 0 Å². The molecule has 0 radical (unpaired) electrons. The Morgan fingerprint density at radius 1 is 1.50 bits per heavy atom. The van der Waals surface area contributed by atoms with Crippen LogP contribution in [0, 0.1) is 0 Å². The molecule has 0 fully saturated rings. The third-order valence-corrected chi connectivity index (χ3v) is 2.01. The second-order valence-corrected chi connectivity index (χ2v) is 3.08. The molecule has 76 valence electrons. The van der Waals surface area contributed by atoms with E-state index in [9.17, 15) is 0 Å². The predicted octanol–water partition coefficient (Wildman–Crippen LogP) is 1.86. The highest BCUT2D eigenvalue weighted by molar-refractivity contribution is 5.70. The average molecular weight is 192 g/mol. The van der Waals surface area contributed by atoms with E-state index in [4.69, 9.17) is 10.5 Å². The zero-order chi connectivity index (χ0) is 10.6. The molecule has 1 aromatic rings. The molecule has 14 heavy (non-hydrogen) atoms. The Kier molecular flexibility index (Phi) is 3.40. The van der Waals surface area contributed by atoms with Crippen molar-refractivity contribution in [1.29, 1.82) is 0 Å². The van der Waals surface area contributed by atoms with Gasteiger partial charge in [-0.15, -0.1) is 0 Å². The Morgan fingerprint density at radius 2 is 2.21 bits per heavy atom. The molecule has 0 aliphatic carbocycles. The highest BCUT2D eigenvalue weighted by Crippen LogP contribution is 2.27. The minimum absolute atomic E-state index is 0.711. The molecule has 0 aliphatic rings. The molecule has 0 saturated carbocycles. The number of allylic oxidation sites excluding steroid dienone is 1. The molecule has 3 heteroatoms. The summed E-state index contributed by atoms with van der Waals surface area (Å²) in [5, 5.41) is 2.98. The molecular weight excluding hydrogens is 176 g/mol. The molecule has 0 unspecified atom stereocenters. The number of nitrogens with two attached hydrogens (primary N) is 1. The molecule has 0 aliphatic heterocycles. The summed E-state index contributed by atoms with van der Waals surface area (Å²) in [6.07, 6.45) is 1.92. The molecule has 0 atom stereocenters. The highest BCUT2D eigenvalue weighted by atomic mass is 16.5. The summed E-state index contributed by atoms with van der Waals surface area (Å²) >= 11 is 0. The van der Waals surface area contributed by atoms with E-state index in [0.29, 0.717) is 5.69 Å². The van der Waals surface area contributed by atoms with Gasteiger partial charge in [0.1, 0.15) is 5.75 Å². The van der Waals surface area contributed by atoms with Crippen LogP contribution in [0.3, 0.4) is 0 Å². The minimum atomic E-state index is 0.711. The van der Waals surface area contributed by atoms with E-state index in [1.807, 2.05) is 38.4 Å². The van der Waals surface area contributed by atoms with E-state index < -0.39 is 0 Å². The smallest absolute Gasteiger partial charge is 0.128 e. The maximum atomic E-state index is 5.66. The average Bonchev–Trinajstić information content (AvgIpc) is 2.17. The van der Waals surface area contributed by atoms with Gasteiger partial charge in [0.25, 0.3) is 0 Å². The SMILES string of the molecule is CN/C=C(\C)c1ccc(N)cc1OC. The summed E-state index contributed by atoms with van der Waals surface area (Å²) < 4.78 is 5.25. The number of benzene rings is 1. The molecule has 0 bridgehead atoms. The summed E-state index contributed by atoms with van der Waals surface area (Å²) in [5.41, 5.74) is 8.54. The third kappa shape index (κ3) is 2.19. The van der Waals surface area contributed by atoms with Crippen LogP contribution in [0.15, 0.2) is 24.4 Å². The van der Waals surface area contributed by atoms with E-state index >= 15 is 0 Å². The molecule has 0 amide bonds. The molecule has 3 N–H and O–H groups in total. The Labute approximate surface area is 84.6 Å². The number of nitrogen functional groups attached to an aromatic ring is 1. The third-order valence-electron chi connectivity index (χ3n) is 2.01. The summed E-state index contributed by atoms with van der Waals surface area (Å²) in [4.78, 5) is 0. The van der Waals surface area contributed by atoms with Crippen molar-refractivity contribution in [3.8, 4) is 5.75 Å². The monoisotopic (exact) mass is 192 g/mol. The maximum Gasteiger partial charge on any atom is 0.128 e. The van der Waals surface area contributed by atoms with Gasteiger partial charge in [-0.2, -0.15) is 0 Å². The quantitative estimate of drug-likeness (QED) is 0.718. The van der Waals surface area contributed by atoms with E-state index in [2.05, 4.69) is 5.32 Å². The predicted molar refractivity (Wildman–Crippen MR) is 60.1 cm³/mol. The second kappa shape index (κ2) is 4.56.